The Hall–Kier alpha value is -3.52. The van der Waals surface area contributed by atoms with E-state index in [0.29, 0.717) is 47.6 Å². The highest BCUT2D eigenvalue weighted by atomic mass is 16.5. The Morgan fingerprint density at radius 2 is 2.14 bits per heavy atom. The van der Waals surface area contributed by atoms with Gasteiger partial charge in [-0.3, -0.25) is 19.0 Å². The van der Waals surface area contributed by atoms with Crippen molar-refractivity contribution in [1.29, 1.82) is 0 Å². The van der Waals surface area contributed by atoms with Crippen molar-refractivity contribution in [3.8, 4) is 0 Å². The predicted molar refractivity (Wildman–Crippen MR) is 106 cm³/mol. The van der Waals surface area contributed by atoms with E-state index in [1.165, 1.54) is 4.40 Å². The highest BCUT2D eigenvalue weighted by Crippen LogP contribution is 2.18. The van der Waals surface area contributed by atoms with Crippen LogP contribution in [0.1, 0.15) is 16.9 Å². The first-order valence-electron chi connectivity index (χ1n) is 8.90. The summed E-state index contributed by atoms with van der Waals surface area (Å²) in [4.78, 5) is 34.4. The summed E-state index contributed by atoms with van der Waals surface area (Å²) in [5, 5.41) is 3.22. The van der Waals surface area contributed by atoms with Gasteiger partial charge in [0.05, 0.1) is 17.3 Å². The monoisotopic (exact) mass is 377 g/mol. The van der Waals surface area contributed by atoms with E-state index in [9.17, 15) is 9.59 Å². The van der Waals surface area contributed by atoms with Crippen LogP contribution in [0.3, 0.4) is 0 Å². The van der Waals surface area contributed by atoms with E-state index < -0.39 is 0 Å². The van der Waals surface area contributed by atoms with Crippen LogP contribution >= 0.6 is 0 Å². The van der Waals surface area contributed by atoms with Gasteiger partial charge in [-0.15, -0.1) is 0 Å². The van der Waals surface area contributed by atoms with E-state index in [-0.39, 0.29) is 11.5 Å². The first-order chi connectivity index (χ1) is 13.7. The van der Waals surface area contributed by atoms with E-state index in [1.807, 2.05) is 6.07 Å². The number of anilines is 1. The fourth-order valence-corrected chi connectivity index (χ4v) is 3.17. The molecule has 142 valence electrons. The third-order valence-corrected chi connectivity index (χ3v) is 4.46. The predicted octanol–water partition coefficient (Wildman–Crippen LogP) is 2.33. The maximum atomic E-state index is 12.9. The Morgan fingerprint density at radius 3 is 2.93 bits per heavy atom. The molecule has 4 heterocycles. The second kappa shape index (κ2) is 7.61. The molecule has 0 aromatic carbocycles. The number of methoxy groups -OCH3 is 1. The lowest BCUT2D eigenvalue weighted by Gasteiger charge is -2.10. The number of nitrogens with zero attached hydrogens (tertiary/aromatic N) is 4. The van der Waals surface area contributed by atoms with Gasteiger partial charge in [0.1, 0.15) is 17.0 Å². The molecule has 1 amide bonds. The molecule has 0 fully saturated rings. The topological polar surface area (TPSA) is 90.5 Å². The van der Waals surface area contributed by atoms with Crippen molar-refractivity contribution >= 4 is 28.3 Å². The van der Waals surface area contributed by atoms with Crippen molar-refractivity contribution in [2.45, 2.75) is 13.0 Å². The highest BCUT2D eigenvalue weighted by Gasteiger charge is 2.19. The Morgan fingerprint density at radius 1 is 1.25 bits per heavy atom. The number of hydrogen-bond donors (Lipinski definition) is 1. The van der Waals surface area contributed by atoms with E-state index in [0.717, 1.165) is 0 Å². The van der Waals surface area contributed by atoms with Gasteiger partial charge in [0.15, 0.2) is 0 Å². The molecule has 8 nitrogen and oxygen atoms in total. The first-order valence-corrected chi connectivity index (χ1v) is 8.90. The lowest BCUT2D eigenvalue weighted by molar-refractivity contribution is 0.101. The lowest BCUT2D eigenvalue weighted by atomic mass is 10.3. The molecule has 0 aliphatic heterocycles. The Bertz CT molecular complexity index is 1200. The van der Waals surface area contributed by atoms with Crippen LogP contribution in [0.25, 0.3) is 16.7 Å². The summed E-state index contributed by atoms with van der Waals surface area (Å²) in [6, 6.07) is 10.5. The smallest absolute Gasteiger partial charge is 0.272 e. The number of carbonyl (C=O) groups is 1. The third-order valence-electron chi connectivity index (χ3n) is 4.46. The molecule has 0 aliphatic rings. The molecule has 4 aromatic rings. The zero-order valence-electron chi connectivity index (χ0n) is 15.3. The summed E-state index contributed by atoms with van der Waals surface area (Å²) in [5.41, 5.74) is 1.77. The van der Waals surface area contributed by atoms with Gasteiger partial charge in [0, 0.05) is 32.7 Å². The largest absolute Gasteiger partial charge is 0.385 e. The molecule has 0 radical (unpaired) electrons. The first kappa shape index (κ1) is 17.9. The minimum absolute atomic E-state index is 0.207. The zero-order valence-corrected chi connectivity index (χ0v) is 15.3. The van der Waals surface area contributed by atoms with E-state index in [4.69, 9.17) is 4.74 Å². The molecule has 4 aromatic heterocycles. The van der Waals surface area contributed by atoms with E-state index in [1.54, 1.807) is 60.6 Å². The minimum Gasteiger partial charge on any atom is -0.385 e. The number of hydrogen-bond acceptors (Lipinski definition) is 5. The number of aryl methyl sites for hydroxylation is 1. The molecule has 1 N–H and O–H groups in total. The number of rotatable bonds is 6. The molecule has 0 aliphatic carbocycles. The van der Waals surface area contributed by atoms with Crippen molar-refractivity contribution in [1.82, 2.24) is 18.9 Å². The number of amides is 1. The second-order valence-electron chi connectivity index (χ2n) is 6.31. The van der Waals surface area contributed by atoms with Crippen LogP contribution in [0.15, 0.2) is 59.8 Å². The van der Waals surface area contributed by atoms with Crippen molar-refractivity contribution < 1.29 is 9.53 Å². The van der Waals surface area contributed by atoms with Gasteiger partial charge in [0.25, 0.3) is 11.5 Å². The Labute approximate surface area is 160 Å². The van der Waals surface area contributed by atoms with Crippen molar-refractivity contribution in [2.24, 2.45) is 0 Å². The SMILES string of the molecule is COCCCn1c(C(=O)Nc2cccnc2)cc2c(=O)n3ccccc3nc21. The average Bonchev–Trinajstić information content (AvgIpc) is 3.08. The van der Waals surface area contributed by atoms with Crippen LogP contribution < -0.4 is 10.9 Å². The summed E-state index contributed by atoms with van der Waals surface area (Å²) in [6.07, 6.45) is 5.55. The van der Waals surface area contributed by atoms with Crippen LogP contribution in [-0.4, -0.2) is 38.6 Å². The number of aromatic nitrogens is 4. The molecule has 0 atom stereocenters. The fourth-order valence-electron chi connectivity index (χ4n) is 3.17. The Kier molecular flexibility index (Phi) is 4.86. The van der Waals surface area contributed by atoms with Crippen molar-refractivity contribution in [3.05, 3.63) is 71.0 Å². The summed E-state index contributed by atoms with van der Waals surface area (Å²) in [5.74, 6) is -0.322. The Balaban J connectivity index is 1.85. The van der Waals surface area contributed by atoms with Gasteiger partial charge in [0.2, 0.25) is 0 Å². The minimum atomic E-state index is -0.322. The van der Waals surface area contributed by atoms with Crippen LogP contribution in [0.4, 0.5) is 5.69 Å². The summed E-state index contributed by atoms with van der Waals surface area (Å²) in [6.45, 7) is 1.04. The molecule has 0 saturated heterocycles. The molecule has 0 spiro atoms. The summed E-state index contributed by atoms with van der Waals surface area (Å²) in [7, 11) is 1.63. The zero-order chi connectivity index (χ0) is 19.5. The summed E-state index contributed by atoms with van der Waals surface area (Å²) >= 11 is 0. The van der Waals surface area contributed by atoms with Gasteiger partial charge < -0.3 is 14.6 Å². The molecule has 0 unspecified atom stereocenters. The quantitative estimate of drug-likeness (QED) is 0.521. The number of nitrogens with one attached hydrogen (secondary N) is 1. The molecule has 0 saturated carbocycles. The van der Waals surface area contributed by atoms with Gasteiger partial charge in [-0.2, -0.15) is 0 Å². The van der Waals surface area contributed by atoms with Gasteiger partial charge >= 0.3 is 0 Å². The molecule has 0 bridgehead atoms. The fraction of sp³-hybridized carbons (Fsp3) is 0.200. The van der Waals surface area contributed by atoms with Crippen LogP contribution in [0.5, 0.6) is 0 Å². The maximum Gasteiger partial charge on any atom is 0.272 e. The normalized spacial score (nSPS) is 11.2. The highest BCUT2D eigenvalue weighted by molar-refractivity contribution is 6.06. The van der Waals surface area contributed by atoms with Crippen LogP contribution in [0.2, 0.25) is 0 Å². The van der Waals surface area contributed by atoms with Gasteiger partial charge in [-0.05, 0) is 36.8 Å². The number of pyridine rings is 2. The number of ether oxygens (including phenoxy) is 1. The third kappa shape index (κ3) is 3.25. The second-order valence-corrected chi connectivity index (χ2v) is 6.31. The van der Waals surface area contributed by atoms with E-state index >= 15 is 0 Å². The van der Waals surface area contributed by atoms with Gasteiger partial charge in [-0.25, -0.2) is 4.98 Å². The summed E-state index contributed by atoms with van der Waals surface area (Å²) < 4.78 is 8.38. The van der Waals surface area contributed by atoms with E-state index in [2.05, 4.69) is 15.3 Å². The number of fused-ring (bicyclic) bond motifs is 2. The molecule has 8 heteroatoms. The average molecular weight is 377 g/mol. The standard InChI is InChI=1S/C20H19N5O3/c1-28-11-5-10-24-16(19(26)22-14-6-4-8-21-13-14)12-15-18(24)23-17-7-2-3-9-25(17)20(15)27/h2-4,6-9,12-13H,5,10-11H2,1H3,(H,22,26). The molecular weight excluding hydrogens is 358 g/mol. The maximum absolute atomic E-state index is 12.9. The van der Waals surface area contributed by atoms with Crippen molar-refractivity contribution in [2.75, 3.05) is 19.0 Å². The van der Waals surface area contributed by atoms with Crippen LogP contribution in [0, 0.1) is 0 Å². The lowest BCUT2D eigenvalue weighted by Crippen LogP contribution is -2.18. The molecular formula is C20H19N5O3. The molecule has 4 rings (SSSR count). The number of carbonyl (C=O) groups excluding carboxylic acids is 1. The van der Waals surface area contributed by atoms with Gasteiger partial charge in [-0.1, -0.05) is 6.07 Å². The molecule has 28 heavy (non-hydrogen) atoms. The van der Waals surface area contributed by atoms with Crippen molar-refractivity contribution in [3.63, 3.8) is 0 Å². The van der Waals surface area contributed by atoms with Crippen LogP contribution in [-0.2, 0) is 11.3 Å².